The lowest BCUT2D eigenvalue weighted by molar-refractivity contribution is -0.145. The van der Waals surface area contributed by atoms with Gasteiger partial charge in [-0.15, -0.1) is 11.8 Å². The summed E-state index contributed by atoms with van der Waals surface area (Å²) in [6.07, 6.45) is 0.414. The summed E-state index contributed by atoms with van der Waals surface area (Å²) in [6, 6.07) is 5.90. The Kier molecular flexibility index (Phi) is 9.56. The number of benzene rings is 1. The number of amides is 1. The van der Waals surface area contributed by atoms with Gasteiger partial charge < -0.3 is 14.8 Å². The number of hydrogen-bond donors (Lipinski definition) is 1. The van der Waals surface area contributed by atoms with E-state index in [0.29, 0.717) is 11.3 Å². The smallest absolute Gasteiger partial charge is 0.339 e. The third-order valence-electron chi connectivity index (χ3n) is 3.40. The number of carbonyl (C=O) groups excluding carboxylic acids is 4. The molecule has 1 amide bonds. The molecule has 0 spiro atoms. The van der Waals surface area contributed by atoms with E-state index >= 15 is 0 Å². The van der Waals surface area contributed by atoms with E-state index < -0.39 is 30.5 Å². The zero-order valence-corrected chi connectivity index (χ0v) is 16.8. The van der Waals surface area contributed by atoms with Gasteiger partial charge >= 0.3 is 11.9 Å². The molecule has 1 aromatic rings. The Bertz CT molecular complexity index is 689. The first kappa shape index (κ1) is 22.7. The molecule has 1 atom stereocenters. The number of hydrogen-bond acceptors (Lipinski definition) is 7. The number of rotatable bonds is 10. The lowest BCUT2D eigenvalue weighted by Gasteiger charge is -2.18. The molecule has 27 heavy (non-hydrogen) atoms. The number of thioether (sulfide) groups is 1. The van der Waals surface area contributed by atoms with Crippen molar-refractivity contribution in [2.75, 3.05) is 19.5 Å². The molecule has 8 heteroatoms. The summed E-state index contributed by atoms with van der Waals surface area (Å²) >= 11 is 1.23. The van der Waals surface area contributed by atoms with Crippen LogP contribution in [-0.2, 0) is 23.9 Å². The number of methoxy groups -OCH3 is 1. The van der Waals surface area contributed by atoms with E-state index in [9.17, 15) is 19.2 Å². The molecular weight excluding hydrogens is 370 g/mol. The number of ketones is 1. The van der Waals surface area contributed by atoms with Crippen LogP contribution in [0.2, 0.25) is 0 Å². The average Bonchev–Trinajstić information content (AvgIpc) is 2.63. The highest BCUT2D eigenvalue weighted by Gasteiger charge is 2.23. The molecule has 0 unspecified atom stereocenters. The number of ether oxygens (including phenoxy) is 2. The second kappa shape index (κ2) is 11.4. The lowest BCUT2D eigenvalue weighted by atomic mass is 10.0. The summed E-state index contributed by atoms with van der Waals surface area (Å²) in [4.78, 5) is 47.8. The Morgan fingerprint density at radius 2 is 1.81 bits per heavy atom. The minimum atomic E-state index is -0.792. The van der Waals surface area contributed by atoms with E-state index in [1.165, 1.54) is 25.8 Å². The first-order valence-corrected chi connectivity index (χ1v) is 9.48. The number of Topliss-reactive ketones (excluding diaryl/α,β-unsaturated/α-hetero) is 1. The average molecular weight is 395 g/mol. The van der Waals surface area contributed by atoms with Gasteiger partial charge in [-0.25, -0.2) is 9.59 Å². The van der Waals surface area contributed by atoms with Crippen LogP contribution < -0.4 is 5.32 Å². The lowest BCUT2D eigenvalue weighted by Crippen LogP contribution is -2.44. The van der Waals surface area contributed by atoms with Gasteiger partial charge in [-0.1, -0.05) is 26.0 Å². The van der Waals surface area contributed by atoms with Crippen molar-refractivity contribution >= 4 is 35.4 Å². The molecule has 0 aliphatic rings. The zero-order valence-electron chi connectivity index (χ0n) is 15.9. The number of esters is 2. The number of carbonyl (C=O) groups is 4. The Morgan fingerprint density at radius 3 is 2.41 bits per heavy atom. The standard InChI is InChI=1S/C19H25NO6S/c1-12(2)9-15(19(24)25-4)20-17(22)10-26-18(23)14-7-5-6-8-16(14)27-11-13(3)21/h5-8,12,15H,9-11H2,1-4H3,(H,20,22)/t15-/m0/s1. The Balaban J connectivity index is 2.66. The van der Waals surface area contributed by atoms with Gasteiger partial charge in [0.15, 0.2) is 6.61 Å². The monoisotopic (exact) mass is 395 g/mol. The fourth-order valence-corrected chi connectivity index (χ4v) is 3.05. The third kappa shape index (κ3) is 8.25. The predicted octanol–water partition coefficient (Wildman–Crippen LogP) is 2.23. The van der Waals surface area contributed by atoms with Crippen molar-refractivity contribution in [2.24, 2.45) is 5.92 Å². The molecule has 1 rings (SSSR count). The fraction of sp³-hybridized carbons (Fsp3) is 0.474. The van der Waals surface area contributed by atoms with E-state index in [2.05, 4.69) is 10.1 Å². The van der Waals surface area contributed by atoms with E-state index in [1.54, 1.807) is 24.3 Å². The molecule has 0 aliphatic carbocycles. The summed E-state index contributed by atoms with van der Waals surface area (Å²) in [5.74, 6) is -1.41. The molecular formula is C19H25NO6S. The fourth-order valence-electron chi connectivity index (χ4n) is 2.21. The minimum Gasteiger partial charge on any atom is -0.467 e. The van der Waals surface area contributed by atoms with Crippen LogP contribution in [0.5, 0.6) is 0 Å². The van der Waals surface area contributed by atoms with Crippen molar-refractivity contribution in [3.63, 3.8) is 0 Å². The quantitative estimate of drug-likeness (QED) is 0.479. The molecule has 0 heterocycles. The van der Waals surface area contributed by atoms with E-state index in [1.807, 2.05) is 13.8 Å². The van der Waals surface area contributed by atoms with Gasteiger partial charge in [0.05, 0.1) is 18.4 Å². The van der Waals surface area contributed by atoms with Crippen molar-refractivity contribution in [3.05, 3.63) is 29.8 Å². The van der Waals surface area contributed by atoms with Crippen LogP contribution in [0.4, 0.5) is 0 Å². The maximum absolute atomic E-state index is 12.3. The van der Waals surface area contributed by atoms with Crippen LogP contribution in [0.1, 0.15) is 37.6 Å². The van der Waals surface area contributed by atoms with Crippen molar-refractivity contribution in [3.8, 4) is 0 Å². The second-order valence-corrected chi connectivity index (χ2v) is 7.35. The van der Waals surface area contributed by atoms with Gasteiger partial charge in [0, 0.05) is 4.90 Å². The van der Waals surface area contributed by atoms with Gasteiger partial charge in [-0.2, -0.15) is 0 Å². The van der Waals surface area contributed by atoms with E-state index in [-0.39, 0.29) is 23.0 Å². The molecule has 0 bridgehead atoms. The summed E-state index contributed by atoms with van der Waals surface area (Å²) in [6.45, 7) is 4.78. The molecule has 0 fully saturated rings. The minimum absolute atomic E-state index is 0.0125. The van der Waals surface area contributed by atoms with Gasteiger partial charge in [-0.3, -0.25) is 9.59 Å². The first-order chi connectivity index (χ1) is 12.7. The molecule has 1 N–H and O–H groups in total. The summed E-state index contributed by atoms with van der Waals surface area (Å²) in [7, 11) is 1.25. The van der Waals surface area contributed by atoms with Crippen LogP contribution in [0.3, 0.4) is 0 Å². The first-order valence-electron chi connectivity index (χ1n) is 8.50. The van der Waals surface area contributed by atoms with E-state index in [4.69, 9.17) is 4.74 Å². The van der Waals surface area contributed by atoms with Crippen molar-refractivity contribution in [1.29, 1.82) is 0 Å². The molecule has 7 nitrogen and oxygen atoms in total. The van der Waals surface area contributed by atoms with Crippen molar-refractivity contribution in [2.45, 2.75) is 38.1 Å². The maximum Gasteiger partial charge on any atom is 0.339 e. The zero-order chi connectivity index (χ0) is 20.4. The van der Waals surface area contributed by atoms with Crippen LogP contribution >= 0.6 is 11.8 Å². The second-order valence-electron chi connectivity index (χ2n) is 6.34. The van der Waals surface area contributed by atoms with Gasteiger partial charge in [0.1, 0.15) is 11.8 Å². The summed E-state index contributed by atoms with van der Waals surface area (Å²) < 4.78 is 9.73. The van der Waals surface area contributed by atoms with Crippen molar-refractivity contribution < 1.29 is 28.7 Å². The van der Waals surface area contributed by atoms with Gasteiger partial charge in [0.25, 0.3) is 5.91 Å². The normalized spacial score (nSPS) is 11.6. The molecule has 1 aromatic carbocycles. The summed E-state index contributed by atoms with van der Waals surface area (Å²) in [5, 5.41) is 2.52. The molecule has 0 saturated carbocycles. The molecule has 148 valence electrons. The topological polar surface area (TPSA) is 98.8 Å². The third-order valence-corrected chi connectivity index (χ3v) is 4.62. The summed E-state index contributed by atoms with van der Waals surface area (Å²) in [5.41, 5.74) is 0.281. The Labute approximate surface area is 163 Å². The van der Waals surface area contributed by atoms with Crippen molar-refractivity contribution in [1.82, 2.24) is 5.32 Å². The maximum atomic E-state index is 12.3. The molecule has 0 aliphatic heterocycles. The molecule has 0 aromatic heterocycles. The highest BCUT2D eigenvalue weighted by molar-refractivity contribution is 8.00. The molecule has 0 radical (unpaired) electrons. The van der Waals surface area contributed by atoms with Gasteiger partial charge in [0.2, 0.25) is 0 Å². The van der Waals surface area contributed by atoms with Crippen LogP contribution in [0.25, 0.3) is 0 Å². The van der Waals surface area contributed by atoms with Crippen LogP contribution in [0.15, 0.2) is 29.2 Å². The van der Waals surface area contributed by atoms with E-state index in [0.717, 1.165) is 0 Å². The predicted molar refractivity (Wildman–Crippen MR) is 102 cm³/mol. The SMILES string of the molecule is COC(=O)[C@H](CC(C)C)NC(=O)COC(=O)c1ccccc1SCC(C)=O. The highest BCUT2D eigenvalue weighted by Crippen LogP contribution is 2.23. The largest absolute Gasteiger partial charge is 0.467 e. The van der Waals surface area contributed by atoms with Crippen LogP contribution in [-0.4, -0.2) is 49.1 Å². The van der Waals surface area contributed by atoms with Gasteiger partial charge in [-0.05, 0) is 31.4 Å². The van der Waals surface area contributed by atoms with Crippen LogP contribution in [0, 0.1) is 5.92 Å². The Hall–Kier alpha value is -2.35. The molecule has 0 saturated heterocycles. The number of nitrogens with one attached hydrogen (secondary N) is 1. The highest BCUT2D eigenvalue weighted by atomic mass is 32.2. The Morgan fingerprint density at radius 1 is 1.15 bits per heavy atom.